The van der Waals surface area contributed by atoms with Crippen LogP contribution >= 0.6 is 0 Å². The molecular formula is C17H32N2O. The van der Waals surface area contributed by atoms with Crippen molar-refractivity contribution in [2.24, 2.45) is 11.3 Å². The van der Waals surface area contributed by atoms with Gasteiger partial charge in [-0.25, -0.2) is 0 Å². The molecule has 0 aromatic heterocycles. The minimum absolute atomic E-state index is 0.231. The van der Waals surface area contributed by atoms with Crippen molar-refractivity contribution in [2.75, 3.05) is 13.1 Å². The molecule has 0 bridgehead atoms. The van der Waals surface area contributed by atoms with Gasteiger partial charge in [0.1, 0.15) is 0 Å². The van der Waals surface area contributed by atoms with Crippen molar-refractivity contribution < 1.29 is 4.79 Å². The van der Waals surface area contributed by atoms with E-state index in [0.29, 0.717) is 17.5 Å². The SMILES string of the molecule is CC(=O)N1CCC(NC2CCC(C(C)(C)C)CC2)CC1. The molecule has 2 fully saturated rings. The van der Waals surface area contributed by atoms with Crippen molar-refractivity contribution in [1.29, 1.82) is 0 Å². The first-order valence-electron chi connectivity index (χ1n) is 8.38. The highest BCUT2D eigenvalue weighted by atomic mass is 16.2. The number of carbonyl (C=O) groups excluding carboxylic acids is 1. The van der Waals surface area contributed by atoms with E-state index >= 15 is 0 Å². The second-order valence-corrected chi connectivity index (χ2v) is 7.86. The fraction of sp³-hybridized carbons (Fsp3) is 0.941. The van der Waals surface area contributed by atoms with Gasteiger partial charge in [0.25, 0.3) is 0 Å². The Morgan fingerprint density at radius 2 is 1.45 bits per heavy atom. The summed E-state index contributed by atoms with van der Waals surface area (Å²) >= 11 is 0. The van der Waals surface area contributed by atoms with Crippen LogP contribution in [0.4, 0.5) is 0 Å². The second-order valence-electron chi connectivity index (χ2n) is 7.86. The molecule has 1 N–H and O–H groups in total. The lowest BCUT2D eigenvalue weighted by Crippen LogP contribution is -2.48. The average Bonchev–Trinajstić information content (AvgIpc) is 2.39. The maximum Gasteiger partial charge on any atom is 0.219 e. The minimum Gasteiger partial charge on any atom is -0.343 e. The Balaban J connectivity index is 1.70. The van der Waals surface area contributed by atoms with Crippen molar-refractivity contribution in [1.82, 2.24) is 10.2 Å². The molecule has 1 amide bonds. The quantitative estimate of drug-likeness (QED) is 0.842. The molecule has 0 spiro atoms. The third kappa shape index (κ3) is 4.21. The topological polar surface area (TPSA) is 32.3 Å². The molecule has 1 aliphatic carbocycles. The second kappa shape index (κ2) is 6.46. The van der Waals surface area contributed by atoms with Gasteiger partial charge >= 0.3 is 0 Å². The maximum atomic E-state index is 11.3. The minimum atomic E-state index is 0.231. The first kappa shape index (κ1) is 15.8. The summed E-state index contributed by atoms with van der Waals surface area (Å²) in [5.74, 6) is 1.12. The number of amides is 1. The number of nitrogens with zero attached hydrogens (tertiary/aromatic N) is 1. The first-order chi connectivity index (χ1) is 9.36. The fourth-order valence-corrected chi connectivity index (χ4v) is 3.82. The Morgan fingerprint density at radius 1 is 0.950 bits per heavy atom. The van der Waals surface area contributed by atoms with Crippen LogP contribution in [0, 0.1) is 11.3 Å². The fourth-order valence-electron chi connectivity index (χ4n) is 3.82. The number of carbonyl (C=O) groups is 1. The molecule has 0 aromatic carbocycles. The standard InChI is InChI=1S/C17H32N2O/c1-13(20)19-11-9-16(10-12-19)18-15-7-5-14(6-8-15)17(2,3)4/h14-16,18H,5-12H2,1-4H3. The van der Waals surface area contributed by atoms with E-state index in [2.05, 4.69) is 26.1 Å². The van der Waals surface area contributed by atoms with Crippen LogP contribution in [-0.2, 0) is 4.79 Å². The molecule has 2 aliphatic rings. The molecule has 3 nitrogen and oxygen atoms in total. The van der Waals surface area contributed by atoms with Crippen LogP contribution in [0.5, 0.6) is 0 Å². The number of likely N-dealkylation sites (tertiary alicyclic amines) is 1. The molecule has 1 heterocycles. The van der Waals surface area contributed by atoms with Gasteiger partial charge in [-0.15, -0.1) is 0 Å². The van der Waals surface area contributed by atoms with Crippen molar-refractivity contribution in [3.8, 4) is 0 Å². The highest BCUT2D eigenvalue weighted by molar-refractivity contribution is 5.73. The molecule has 116 valence electrons. The highest BCUT2D eigenvalue weighted by Gasteiger charge is 2.31. The summed E-state index contributed by atoms with van der Waals surface area (Å²) in [5, 5.41) is 3.85. The summed E-state index contributed by atoms with van der Waals surface area (Å²) in [6, 6.07) is 1.34. The van der Waals surface area contributed by atoms with Crippen molar-refractivity contribution >= 4 is 5.91 Å². The zero-order chi connectivity index (χ0) is 14.8. The van der Waals surface area contributed by atoms with Gasteiger partial charge in [-0.3, -0.25) is 4.79 Å². The van der Waals surface area contributed by atoms with E-state index in [9.17, 15) is 4.79 Å². The van der Waals surface area contributed by atoms with Gasteiger partial charge in [0.15, 0.2) is 0 Å². The molecule has 1 saturated carbocycles. The lowest BCUT2D eigenvalue weighted by Gasteiger charge is -2.40. The lowest BCUT2D eigenvalue weighted by atomic mass is 9.71. The van der Waals surface area contributed by atoms with Gasteiger partial charge in [-0.1, -0.05) is 20.8 Å². The van der Waals surface area contributed by atoms with Crippen LogP contribution in [-0.4, -0.2) is 36.0 Å². The van der Waals surface area contributed by atoms with Crippen LogP contribution in [0.25, 0.3) is 0 Å². The average molecular weight is 280 g/mol. The zero-order valence-corrected chi connectivity index (χ0v) is 13.7. The molecule has 2 rings (SSSR count). The highest BCUT2D eigenvalue weighted by Crippen LogP contribution is 2.37. The maximum absolute atomic E-state index is 11.3. The van der Waals surface area contributed by atoms with Gasteiger partial charge in [0.05, 0.1) is 0 Å². The molecular weight excluding hydrogens is 248 g/mol. The van der Waals surface area contributed by atoms with Crippen LogP contribution in [0.15, 0.2) is 0 Å². The number of hydrogen-bond donors (Lipinski definition) is 1. The Hall–Kier alpha value is -0.570. The van der Waals surface area contributed by atoms with Gasteiger partial charge in [-0.05, 0) is 49.9 Å². The van der Waals surface area contributed by atoms with Gasteiger partial charge in [0, 0.05) is 32.1 Å². The van der Waals surface area contributed by atoms with Crippen LogP contribution in [0.1, 0.15) is 66.2 Å². The van der Waals surface area contributed by atoms with Crippen molar-refractivity contribution in [2.45, 2.75) is 78.3 Å². The predicted octanol–water partition coefficient (Wildman–Crippen LogP) is 3.19. The van der Waals surface area contributed by atoms with E-state index < -0.39 is 0 Å². The molecule has 1 saturated heterocycles. The summed E-state index contributed by atoms with van der Waals surface area (Å²) in [7, 11) is 0. The normalized spacial score (nSPS) is 29.5. The largest absolute Gasteiger partial charge is 0.343 e. The molecule has 0 atom stereocenters. The Bertz CT molecular complexity index is 318. The number of rotatable bonds is 2. The van der Waals surface area contributed by atoms with Gasteiger partial charge < -0.3 is 10.2 Å². The van der Waals surface area contributed by atoms with Gasteiger partial charge in [0.2, 0.25) is 5.91 Å². The molecule has 1 aliphatic heterocycles. The van der Waals surface area contributed by atoms with E-state index in [-0.39, 0.29) is 5.91 Å². The smallest absolute Gasteiger partial charge is 0.219 e. The summed E-state index contributed by atoms with van der Waals surface area (Å²) in [6.07, 6.45) is 7.64. The van der Waals surface area contributed by atoms with Crippen LogP contribution < -0.4 is 5.32 Å². The van der Waals surface area contributed by atoms with E-state index in [0.717, 1.165) is 31.8 Å². The zero-order valence-electron chi connectivity index (χ0n) is 13.7. The number of nitrogens with one attached hydrogen (secondary N) is 1. The van der Waals surface area contributed by atoms with Crippen molar-refractivity contribution in [3.63, 3.8) is 0 Å². The van der Waals surface area contributed by atoms with Gasteiger partial charge in [-0.2, -0.15) is 0 Å². The van der Waals surface area contributed by atoms with Crippen LogP contribution in [0.2, 0.25) is 0 Å². The van der Waals surface area contributed by atoms with E-state index in [4.69, 9.17) is 0 Å². The molecule has 3 heteroatoms. The van der Waals surface area contributed by atoms with Crippen molar-refractivity contribution in [3.05, 3.63) is 0 Å². The Labute approximate surface area is 124 Å². The summed E-state index contributed by atoms with van der Waals surface area (Å²) in [4.78, 5) is 13.3. The van der Waals surface area contributed by atoms with E-state index in [1.165, 1.54) is 25.7 Å². The Kier molecular flexibility index (Phi) is 5.11. The summed E-state index contributed by atoms with van der Waals surface area (Å²) < 4.78 is 0. The molecule has 0 aromatic rings. The molecule has 20 heavy (non-hydrogen) atoms. The monoisotopic (exact) mass is 280 g/mol. The van der Waals surface area contributed by atoms with E-state index in [1.54, 1.807) is 6.92 Å². The molecule has 0 radical (unpaired) electrons. The summed E-state index contributed by atoms with van der Waals surface area (Å²) in [6.45, 7) is 10.7. The lowest BCUT2D eigenvalue weighted by molar-refractivity contribution is -0.129. The third-order valence-corrected chi connectivity index (χ3v) is 5.36. The predicted molar refractivity (Wildman–Crippen MR) is 83.6 cm³/mol. The van der Waals surface area contributed by atoms with Crippen LogP contribution in [0.3, 0.4) is 0 Å². The number of hydrogen-bond acceptors (Lipinski definition) is 2. The third-order valence-electron chi connectivity index (χ3n) is 5.36. The first-order valence-corrected chi connectivity index (χ1v) is 8.38. The molecule has 0 unspecified atom stereocenters. The Morgan fingerprint density at radius 3 is 1.90 bits per heavy atom. The van der Waals surface area contributed by atoms with E-state index in [1.807, 2.05) is 4.90 Å². The number of piperidine rings is 1. The summed E-state index contributed by atoms with van der Waals surface area (Å²) in [5.41, 5.74) is 0.470.